The Labute approximate surface area is 179 Å². The van der Waals surface area contributed by atoms with E-state index in [0.29, 0.717) is 33.2 Å². The number of thioether (sulfide) groups is 1. The van der Waals surface area contributed by atoms with Crippen LogP contribution in [0.4, 0.5) is 5.69 Å². The number of anilines is 1. The number of nitrogens with zero attached hydrogens (tertiary/aromatic N) is 2. The Kier molecular flexibility index (Phi) is 6.66. The molecule has 0 saturated carbocycles. The van der Waals surface area contributed by atoms with Crippen molar-refractivity contribution in [3.05, 3.63) is 52.8 Å². The van der Waals surface area contributed by atoms with Gasteiger partial charge in [-0.1, -0.05) is 23.9 Å². The fourth-order valence-corrected chi connectivity index (χ4v) is 4.04. The zero-order chi connectivity index (χ0) is 21.8. The quantitative estimate of drug-likeness (QED) is 0.451. The zero-order valence-electron chi connectivity index (χ0n) is 17.6. The Bertz CT molecular complexity index is 1100. The van der Waals surface area contributed by atoms with Gasteiger partial charge in [0.2, 0.25) is 5.91 Å². The summed E-state index contributed by atoms with van der Waals surface area (Å²) in [6.45, 7) is 5.63. The Hall–Kier alpha value is -3.00. The van der Waals surface area contributed by atoms with Gasteiger partial charge in [0.15, 0.2) is 5.16 Å². The number of nitrogens with one attached hydrogen (secondary N) is 1. The van der Waals surface area contributed by atoms with Gasteiger partial charge in [0.1, 0.15) is 11.5 Å². The van der Waals surface area contributed by atoms with Crippen LogP contribution in [0, 0.1) is 0 Å². The first kappa shape index (κ1) is 21.7. The lowest BCUT2D eigenvalue weighted by Crippen LogP contribution is -2.28. The minimum atomic E-state index is -0.486. The topological polar surface area (TPSA) is 82.5 Å². The van der Waals surface area contributed by atoms with Crippen LogP contribution in [0.3, 0.4) is 0 Å². The van der Waals surface area contributed by atoms with Gasteiger partial charge < -0.3 is 14.8 Å². The first-order chi connectivity index (χ1) is 14.3. The third-order valence-electron chi connectivity index (χ3n) is 4.56. The second-order valence-corrected chi connectivity index (χ2v) is 8.34. The van der Waals surface area contributed by atoms with E-state index in [4.69, 9.17) is 9.47 Å². The van der Waals surface area contributed by atoms with Crippen molar-refractivity contribution in [1.29, 1.82) is 0 Å². The molecule has 1 amide bonds. The van der Waals surface area contributed by atoms with Gasteiger partial charge in [-0.15, -0.1) is 0 Å². The molecule has 0 aliphatic rings. The molecule has 1 aromatic heterocycles. The number of carbonyl (C=O) groups excluding carboxylic acids is 1. The molecule has 0 bridgehead atoms. The molecule has 30 heavy (non-hydrogen) atoms. The maximum atomic E-state index is 13.0. The molecular formula is C22H25N3O4S. The summed E-state index contributed by atoms with van der Waals surface area (Å²) in [5.41, 5.74) is 1.08. The molecular weight excluding hydrogens is 402 g/mol. The molecule has 1 N–H and O–H groups in total. The highest BCUT2D eigenvalue weighted by Gasteiger charge is 2.21. The molecule has 8 heteroatoms. The highest BCUT2D eigenvalue weighted by atomic mass is 32.2. The number of fused-ring (bicyclic) bond motifs is 1. The van der Waals surface area contributed by atoms with Crippen molar-refractivity contribution in [3.8, 4) is 11.5 Å². The largest absolute Gasteiger partial charge is 0.497 e. The van der Waals surface area contributed by atoms with E-state index in [2.05, 4.69) is 10.3 Å². The average Bonchev–Trinajstić information content (AvgIpc) is 2.73. The number of aromatic nitrogens is 2. The number of rotatable bonds is 7. The molecule has 3 rings (SSSR count). The summed E-state index contributed by atoms with van der Waals surface area (Å²) in [7, 11) is 3.10. The van der Waals surface area contributed by atoms with Crippen LogP contribution >= 0.6 is 11.8 Å². The highest BCUT2D eigenvalue weighted by molar-refractivity contribution is 8.00. The fraction of sp³-hybridized carbons (Fsp3) is 0.318. The minimum Gasteiger partial charge on any atom is -0.497 e. The number of para-hydroxylation sites is 1. The van der Waals surface area contributed by atoms with Gasteiger partial charge in [0, 0.05) is 29.9 Å². The summed E-state index contributed by atoms with van der Waals surface area (Å²) in [6, 6.07) is 12.3. The molecule has 3 aromatic rings. The van der Waals surface area contributed by atoms with Crippen molar-refractivity contribution in [2.45, 2.75) is 37.2 Å². The van der Waals surface area contributed by atoms with Crippen LogP contribution in [-0.4, -0.2) is 34.9 Å². The van der Waals surface area contributed by atoms with E-state index in [1.54, 1.807) is 56.0 Å². The average molecular weight is 428 g/mol. The third-order valence-corrected chi connectivity index (χ3v) is 5.63. The Morgan fingerprint density at radius 3 is 2.30 bits per heavy atom. The summed E-state index contributed by atoms with van der Waals surface area (Å²) in [6.07, 6.45) is 0. The van der Waals surface area contributed by atoms with Crippen LogP contribution in [0.25, 0.3) is 10.9 Å². The number of benzene rings is 2. The van der Waals surface area contributed by atoms with Gasteiger partial charge in [0.05, 0.1) is 30.4 Å². The maximum absolute atomic E-state index is 13.0. The molecule has 158 valence electrons. The lowest BCUT2D eigenvalue weighted by Gasteiger charge is -2.19. The molecule has 0 spiro atoms. The molecule has 1 unspecified atom stereocenters. The summed E-state index contributed by atoms with van der Waals surface area (Å²) < 4.78 is 12.1. The summed E-state index contributed by atoms with van der Waals surface area (Å²) in [4.78, 5) is 30.4. The molecule has 1 heterocycles. The van der Waals surface area contributed by atoms with E-state index < -0.39 is 5.25 Å². The highest BCUT2D eigenvalue weighted by Crippen LogP contribution is 2.28. The van der Waals surface area contributed by atoms with Crippen molar-refractivity contribution in [2.24, 2.45) is 0 Å². The van der Waals surface area contributed by atoms with Gasteiger partial charge in [-0.3, -0.25) is 14.2 Å². The fourth-order valence-electron chi connectivity index (χ4n) is 3.00. The van der Waals surface area contributed by atoms with Crippen LogP contribution in [-0.2, 0) is 4.79 Å². The molecule has 0 aliphatic carbocycles. The predicted molar refractivity (Wildman–Crippen MR) is 120 cm³/mol. The van der Waals surface area contributed by atoms with E-state index in [9.17, 15) is 9.59 Å². The Morgan fingerprint density at radius 1 is 1.07 bits per heavy atom. The lowest BCUT2D eigenvalue weighted by atomic mass is 10.2. The maximum Gasteiger partial charge on any atom is 0.262 e. The number of ether oxygens (including phenoxy) is 2. The predicted octanol–water partition coefficient (Wildman–Crippen LogP) is 4.11. The first-order valence-electron chi connectivity index (χ1n) is 9.56. The van der Waals surface area contributed by atoms with Crippen molar-refractivity contribution < 1.29 is 14.3 Å². The van der Waals surface area contributed by atoms with Crippen molar-refractivity contribution in [2.75, 3.05) is 19.5 Å². The second-order valence-electron chi connectivity index (χ2n) is 7.03. The molecule has 1 atom stereocenters. The van der Waals surface area contributed by atoms with Gasteiger partial charge in [-0.25, -0.2) is 4.98 Å². The number of hydrogen-bond donors (Lipinski definition) is 1. The first-order valence-corrected chi connectivity index (χ1v) is 10.4. The number of hydrogen-bond acceptors (Lipinski definition) is 6. The van der Waals surface area contributed by atoms with Crippen LogP contribution in [0.5, 0.6) is 11.5 Å². The lowest BCUT2D eigenvalue weighted by molar-refractivity contribution is -0.115. The molecule has 0 aliphatic heterocycles. The summed E-state index contributed by atoms with van der Waals surface area (Å²) >= 11 is 1.25. The second kappa shape index (κ2) is 9.21. The Balaban J connectivity index is 1.88. The number of methoxy groups -OCH3 is 2. The van der Waals surface area contributed by atoms with E-state index >= 15 is 0 Å². The monoisotopic (exact) mass is 427 g/mol. The minimum absolute atomic E-state index is 0.0880. The molecule has 0 fully saturated rings. The van der Waals surface area contributed by atoms with E-state index in [1.165, 1.54) is 11.8 Å². The molecule has 0 radical (unpaired) electrons. The standard InChI is InChI=1S/C22H25N3O4S/c1-13(2)25-21(27)18-8-6-7-9-19(18)24-22(25)30-14(3)20(26)23-15-10-16(28-4)12-17(11-15)29-5/h6-14H,1-5H3,(H,23,26). The normalized spacial score (nSPS) is 12.1. The molecule has 2 aromatic carbocycles. The van der Waals surface area contributed by atoms with Crippen LogP contribution in [0.2, 0.25) is 0 Å². The molecule has 0 saturated heterocycles. The van der Waals surface area contributed by atoms with Gasteiger partial charge in [-0.2, -0.15) is 0 Å². The van der Waals surface area contributed by atoms with E-state index in [0.717, 1.165) is 0 Å². The van der Waals surface area contributed by atoms with Gasteiger partial charge in [-0.05, 0) is 32.9 Å². The van der Waals surface area contributed by atoms with Crippen LogP contribution in [0.15, 0.2) is 52.4 Å². The number of amides is 1. The van der Waals surface area contributed by atoms with Crippen LogP contribution in [0.1, 0.15) is 26.8 Å². The zero-order valence-corrected chi connectivity index (χ0v) is 18.4. The van der Waals surface area contributed by atoms with Crippen molar-refractivity contribution in [1.82, 2.24) is 9.55 Å². The smallest absolute Gasteiger partial charge is 0.262 e. The summed E-state index contributed by atoms with van der Waals surface area (Å²) in [5.74, 6) is 0.942. The van der Waals surface area contributed by atoms with Crippen molar-refractivity contribution >= 4 is 34.3 Å². The molecule has 7 nitrogen and oxygen atoms in total. The Morgan fingerprint density at radius 2 is 1.70 bits per heavy atom. The third kappa shape index (κ3) is 4.59. The van der Waals surface area contributed by atoms with Gasteiger partial charge in [0.25, 0.3) is 5.56 Å². The van der Waals surface area contributed by atoms with Gasteiger partial charge >= 0.3 is 0 Å². The van der Waals surface area contributed by atoms with Crippen LogP contribution < -0.4 is 20.3 Å². The summed E-state index contributed by atoms with van der Waals surface area (Å²) in [5, 5.41) is 3.47. The number of carbonyl (C=O) groups is 1. The van der Waals surface area contributed by atoms with Crippen molar-refractivity contribution in [3.63, 3.8) is 0 Å². The SMILES string of the molecule is COc1cc(NC(=O)C(C)Sc2nc3ccccc3c(=O)n2C(C)C)cc(OC)c1. The van der Waals surface area contributed by atoms with E-state index in [-0.39, 0.29) is 17.5 Å². The van der Waals surface area contributed by atoms with E-state index in [1.807, 2.05) is 26.0 Å².